The minimum atomic E-state index is 0.0200. The van der Waals surface area contributed by atoms with Crippen LogP contribution in [0.5, 0.6) is 0 Å². The molecule has 0 bridgehead atoms. The molecule has 82 valence electrons. The Bertz CT molecular complexity index is 186. The van der Waals surface area contributed by atoms with E-state index < -0.39 is 0 Å². The Morgan fingerprint density at radius 1 is 1.29 bits per heavy atom. The summed E-state index contributed by atoms with van der Waals surface area (Å²) >= 11 is 0. The average molecular weight is 197 g/mol. The molecule has 2 nitrogen and oxygen atoms in total. The normalized spacial score (nSPS) is 28.3. The summed E-state index contributed by atoms with van der Waals surface area (Å²) in [7, 11) is 0. The van der Waals surface area contributed by atoms with E-state index in [0.29, 0.717) is 5.41 Å². The molecule has 0 aromatic rings. The van der Waals surface area contributed by atoms with Crippen LogP contribution in [0.3, 0.4) is 0 Å². The number of hydrogen-bond acceptors (Lipinski definition) is 2. The number of nitrogens with zero attached hydrogens (tertiary/aromatic N) is 1. The van der Waals surface area contributed by atoms with Crippen LogP contribution < -0.4 is 0 Å². The molecule has 2 aliphatic rings. The van der Waals surface area contributed by atoms with Gasteiger partial charge in [0, 0.05) is 6.54 Å². The van der Waals surface area contributed by atoms with Gasteiger partial charge in [-0.25, -0.2) is 0 Å². The van der Waals surface area contributed by atoms with Crippen LogP contribution >= 0.6 is 0 Å². The van der Waals surface area contributed by atoms with Crippen molar-refractivity contribution in [2.24, 2.45) is 11.3 Å². The van der Waals surface area contributed by atoms with Crippen molar-refractivity contribution in [3.8, 4) is 0 Å². The third-order valence-electron chi connectivity index (χ3n) is 3.88. The van der Waals surface area contributed by atoms with E-state index in [1.54, 1.807) is 0 Å². The van der Waals surface area contributed by atoms with Gasteiger partial charge in [-0.2, -0.15) is 0 Å². The van der Waals surface area contributed by atoms with Gasteiger partial charge >= 0.3 is 0 Å². The van der Waals surface area contributed by atoms with Gasteiger partial charge < -0.3 is 10.0 Å². The summed E-state index contributed by atoms with van der Waals surface area (Å²) in [5, 5.41) is 9.36. The molecule has 14 heavy (non-hydrogen) atoms. The van der Waals surface area contributed by atoms with Gasteiger partial charge in [0.15, 0.2) is 0 Å². The molecule has 1 N–H and O–H groups in total. The minimum Gasteiger partial charge on any atom is -0.393 e. The molecule has 0 unspecified atom stereocenters. The van der Waals surface area contributed by atoms with Crippen LogP contribution in [0.4, 0.5) is 0 Å². The van der Waals surface area contributed by atoms with E-state index >= 15 is 0 Å². The third-order valence-corrected chi connectivity index (χ3v) is 3.88. The second kappa shape index (κ2) is 3.82. The molecule has 0 radical (unpaired) electrons. The Balaban J connectivity index is 1.75. The topological polar surface area (TPSA) is 23.5 Å². The highest BCUT2D eigenvalue weighted by atomic mass is 16.3. The van der Waals surface area contributed by atoms with Crippen molar-refractivity contribution in [3.63, 3.8) is 0 Å². The number of rotatable bonds is 2. The van der Waals surface area contributed by atoms with Crippen molar-refractivity contribution >= 4 is 0 Å². The smallest absolute Gasteiger partial charge is 0.0550 e. The maximum absolute atomic E-state index is 9.36. The van der Waals surface area contributed by atoms with Crippen LogP contribution in [0.2, 0.25) is 0 Å². The van der Waals surface area contributed by atoms with E-state index in [9.17, 15) is 5.11 Å². The predicted octanol–water partition coefficient (Wildman–Crippen LogP) is 1.88. The van der Waals surface area contributed by atoms with Crippen LogP contribution in [0.1, 0.15) is 39.5 Å². The largest absolute Gasteiger partial charge is 0.393 e. The van der Waals surface area contributed by atoms with E-state index in [-0.39, 0.29) is 6.10 Å². The van der Waals surface area contributed by atoms with Crippen molar-refractivity contribution in [2.75, 3.05) is 19.6 Å². The zero-order valence-corrected chi connectivity index (χ0v) is 9.50. The lowest BCUT2D eigenvalue weighted by atomic mass is 9.61. The molecule has 0 aromatic carbocycles. The zero-order valence-electron chi connectivity index (χ0n) is 9.50. The van der Waals surface area contributed by atoms with Gasteiger partial charge in [0.1, 0.15) is 0 Å². The highest BCUT2D eigenvalue weighted by Gasteiger charge is 2.44. The first-order chi connectivity index (χ1) is 6.60. The molecule has 0 atom stereocenters. The average Bonchev–Trinajstić information content (AvgIpc) is 2.05. The predicted molar refractivity (Wildman–Crippen MR) is 58.2 cm³/mol. The molecule has 0 aromatic heterocycles. The Labute approximate surface area is 87.3 Å². The summed E-state index contributed by atoms with van der Waals surface area (Å²) in [6.07, 6.45) is 4.80. The molecule has 1 aliphatic carbocycles. The molecular weight excluding hydrogens is 174 g/mol. The van der Waals surface area contributed by atoms with E-state index in [4.69, 9.17) is 0 Å². The summed E-state index contributed by atoms with van der Waals surface area (Å²) in [4.78, 5) is 2.58. The standard InChI is InChI=1S/C12H23NO/c1-10(2)9-13-5-3-12(4-6-13)7-11(14)8-12/h10-11,14H,3-9H2,1-2H3. The molecule has 1 saturated heterocycles. The summed E-state index contributed by atoms with van der Waals surface area (Å²) < 4.78 is 0. The van der Waals surface area contributed by atoms with Gasteiger partial charge in [0.25, 0.3) is 0 Å². The fourth-order valence-electron chi connectivity index (χ4n) is 3.07. The second-order valence-electron chi connectivity index (χ2n) is 5.76. The van der Waals surface area contributed by atoms with E-state index in [1.165, 1.54) is 32.5 Å². The molecule has 2 rings (SSSR count). The van der Waals surface area contributed by atoms with Crippen LogP contribution in [0.15, 0.2) is 0 Å². The number of aliphatic hydroxyl groups is 1. The number of aliphatic hydroxyl groups excluding tert-OH is 1. The van der Waals surface area contributed by atoms with Crippen molar-refractivity contribution < 1.29 is 5.11 Å². The lowest BCUT2D eigenvalue weighted by Gasteiger charge is -2.50. The molecule has 1 saturated carbocycles. The Kier molecular flexibility index (Phi) is 2.85. The Hall–Kier alpha value is -0.0800. The second-order valence-corrected chi connectivity index (χ2v) is 5.76. The maximum atomic E-state index is 9.36. The summed E-state index contributed by atoms with van der Waals surface area (Å²) in [6, 6.07) is 0. The van der Waals surface area contributed by atoms with Crippen LogP contribution in [0, 0.1) is 11.3 Å². The van der Waals surface area contributed by atoms with E-state index in [1.807, 2.05) is 0 Å². The zero-order chi connectivity index (χ0) is 10.2. The van der Waals surface area contributed by atoms with Gasteiger partial charge in [-0.1, -0.05) is 13.8 Å². The Morgan fingerprint density at radius 3 is 2.29 bits per heavy atom. The minimum absolute atomic E-state index is 0.0200. The molecule has 0 amide bonds. The van der Waals surface area contributed by atoms with Crippen LogP contribution in [-0.4, -0.2) is 35.7 Å². The quantitative estimate of drug-likeness (QED) is 0.730. The lowest BCUT2D eigenvalue weighted by Crippen LogP contribution is -2.49. The first kappa shape index (κ1) is 10.4. The summed E-state index contributed by atoms with van der Waals surface area (Å²) in [5.74, 6) is 0.788. The highest BCUT2D eigenvalue weighted by molar-refractivity contribution is 4.97. The first-order valence-electron chi connectivity index (χ1n) is 6.00. The molecule has 2 fully saturated rings. The Morgan fingerprint density at radius 2 is 1.86 bits per heavy atom. The van der Waals surface area contributed by atoms with E-state index in [2.05, 4.69) is 18.7 Å². The third kappa shape index (κ3) is 2.12. The van der Waals surface area contributed by atoms with Gasteiger partial charge in [-0.3, -0.25) is 0 Å². The van der Waals surface area contributed by atoms with Crippen molar-refractivity contribution in [1.29, 1.82) is 0 Å². The molecular formula is C12H23NO. The van der Waals surface area contributed by atoms with Gasteiger partial charge in [0.2, 0.25) is 0 Å². The van der Waals surface area contributed by atoms with Crippen LogP contribution in [-0.2, 0) is 0 Å². The SMILES string of the molecule is CC(C)CN1CCC2(CC1)CC(O)C2. The summed E-state index contributed by atoms with van der Waals surface area (Å²) in [5.41, 5.74) is 0.549. The molecule has 1 heterocycles. The molecule has 2 heteroatoms. The highest BCUT2D eigenvalue weighted by Crippen LogP contribution is 2.48. The number of likely N-dealkylation sites (tertiary alicyclic amines) is 1. The van der Waals surface area contributed by atoms with Gasteiger partial charge in [0.05, 0.1) is 6.10 Å². The fraction of sp³-hybridized carbons (Fsp3) is 1.00. The van der Waals surface area contributed by atoms with Crippen LogP contribution in [0.25, 0.3) is 0 Å². The monoisotopic (exact) mass is 197 g/mol. The number of hydrogen-bond donors (Lipinski definition) is 1. The van der Waals surface area contributed by atoms with Crippen molar-refractivity contribution in [2.45, 2.75) is 45.6 Å². The van der Waals surface area contributed by atoms with E-state index in [0.717, 1.165) is 18.8 Å². The fourth-order valence-corrected chi connectivity index (χ4v) is 3.07. The van der Waals surface area contributed by atoms with Gasteiger partial charge in [-0.05, 0) is 50.1 Å². The van der Waals surface area contributed by atoms with Crippen molar-refractivity contribution in [1.82, 2.24) is 4.90 Å². The van der Waals surface area contributed by atoms with Crippen molar-refractivity contribution in [3.05, 3.63) is 0 Å². The first-order valence-corrected chi connectivity index (χ1v) is 6.00. The lowest BCUT2D eigenvalue weighted by molar-refractivity contribution is -0.0689. The van der Waals surface area contributed by atoms with Gasteiger partial charge in [-0.15, -0.1) is 0 Å². The maximum Gasteiger partial charge on any atom is 0.0550 e. The molecule has 1 aliphatic heterocycles. The molecule has 1 spiro atoms. The summed E-state index contributed by atoms with van der Waals surface area (Å²) in [6.45, 7) is 8.34. The number of piperidine rings is 1.